The summed E-state index contributed by atoms with van der Waals surface area (Å²) in [7, 11) is 0. The molecule has 0 radical (unpaired) electrons. The van der Waals surface area contributed by atoms with Crippen LogP contribution in [-0.2, 0) is 16.0 Å². The predicted molar refractivity (Wildman–Crippen MR) is 74.2 cm³/mol. The third-order valence-electron chi connectivity index (χ3n) is 2.79. The SMILES string of the molecule is CCC[C@@H](NC(=O)CCc1ccccc1Cl)C(=O)O. The van der Waals surface area contributed by atoms with Crippen molar-refractivity contribution in [2.75, 3.05) is 0 Å². The lowest BCUT2D eigenvalue weighted by Gasteiger charge is -2.13. The first-order chi connectivity index (χ1) is 9.04. The minimum atomic E-state index is -0.993. The molecule has 0 aliphatic carbocycles. The number of rotatable bonds is 7. The zero-order chi connectivity index (χ0) is 14.3. The van der Waals surface area contributed by atoms with E-state index in [4.69, 9.17) is 16.7 Å². The second kappa shape index (κ2) is 7.79. The second-order valence-corrected chi connectivity index (χ2v) is 4.75. The zero-order valence-corrected chi connectivity index (χ0v) is 11.6. The van der Waals surface area contributed by atoms with Crippen LogP contribution < -0.4 is 5.32 Å². The minimum Gasteiger partial charge on any atom is -0.480 e. The monoisotopic (exact) mass is 283 g/mol. The molecule has 0 saturated heterocycles. The van der Waals surface area contributed by atoms with Crippen LogP contribution in [0.4, 0.5) is 0 Å². The Balaban J connectivity index is 2.47. The maximum Gasteiger partial charge on any atom is 0.326 e. The van der Waals surface area contributed by atoms with E-state index < -0.39 is 12.0 Å². The van der Waals surface area contributed by atoms with Gasteiger partial charge in [-0.15, -0.1) is 0 Å². The van der Waals surface area contributed by atoms with Gasteiger partial charge in [-0.1, -0.05) is 43.1 Å². The van der Waals surface area contributed by atoms with Crippen LogP contribution in [0, 0.1) is 0 Å². The van der Waals surface area contributed by atoms with Crippen molar-refractivity contribution in [3.05, 3.63) is 34.9 Å². The molecule has 0 aromatic heterocycles. The number of amides is 1. The summed E-state index contributed by atoms with van der Waals surface area (Å²) in [6.07, 6.45) is 1.89. The molecule has 0 spiro atoms. The molecule has 104 valence electrons. The van der Waals surface area contributed by atoms with Crippen LogP contribution in [0.25, 0.3) is 0 Å². The van der Waals surface area contributed by atoms with Crippen molar-refractivity contribution in [3.8, 4) is 0 Å². The highest BCUT2D eigenvalue weighted by Gasteiger charge is 2.18. The van der Waals surface area contributed by atoms with Crippen molar-refractivity contribution < 1.29 is 14.7 Å². The molecular weight excluding hydrogens is 266 g/mol. The molecule has 0 heterocycles. The number of nitrogens with one attached hydrogen (secondary N) is 1. The van der Waals surface area contributed by atoms with Gasteiger partial charge in [-0.25, -0.2) is 4.79 Å². The number of carboxylic acids is 1. The molecule has 19 heavy (non-hydrogen) atoms. The molecule has 1 atom stereocenters. The van der Waals surface area contributed by atoms with Crippen LogP contribution in [-0.4, -0.2) is 23.0 Å². The third kappa shape index (κ3) is 5.30. The number of aryl methyl sites for hydroxylation is 1. The highest BCUT2D eigenvalue weighted by molar-refractivity contribution is 6.31. The van der Waals surface area contributed by atoms with Gasteiger partial charge in [-0.05, 0) is 24.5 Å². The van der Waals surface area contributed by atoms with E-state index in [0.29, 0.717) is 24.3 Å². The predicted octanol–water partition coefficient (Wildman–Crippen LogP) is 2.64. The van der Waals surface area contributed by atoms with Gasteiger partial charge in [0.2, 0.25) is 5.91 Å². The van der Waals surface area contributed by atoms with Gasteiger partial charge in [0.15, 0.2) is 0 Å². The van der Waals surface area contributed by atoms with E-state index in [0.717, 1.165) is 5.56 Å². The Morgan fingerprint density at radius 1 is 1.37 bits per heavy atom. The Morgan fingerprint density at radius 2 is 2.05 bits per heavy atom. The largest absolute Gasteiger partial charge is 0.480 e. The quantitative estimate of drug-likeness (QED) is 0.808. The highest BCUT2D eigenvalue weighted by Crippen LogP contribution is 2.16. The fourth-order valence-corrected chi connectivity index (χ4v) is 1.99. The first kappa shape index (κ1) is 15.5. The van der Waals surface area contributed by atoms with Crippen molar-refractivity contribution in [2.24, 2.45) is 0 Å². The molecule has 0 fully saturated rings. The molecule has 0 bridgehead atoms. The number of hydrogen-bond acceptors (Lipinski definition) is 2. The van der Waals surface area contributed by atoms with Gasteiger partial charge >= 0.3 is 5.97 Å². The van der Waals surface area contributed by atoms with Crippen molar-refractivity contribution in [1.82, 2.24) is 5.32 Å². The lowest BCUT2D eigenvalue weighted by atomic mass is 10.1. The minimum absolute atomic E-state index is 0.233. The molecule has 2 N–H and O–H groups in total. The normalized spacial score (nSPS) is 11.9. The van der Waals surface area contributed by atoms with Gasteiger partial charge in [0.25, 0.3) is 0 Å². The summed E-state index contributed by atoms with van der Waals surface area (Å²) >= 11 is 5.99. The van der Waals surface area contributed by atoms with Crippen LogP contribution in [0.2, 0.25) is 5.02 Å². The number of benzene rings is 1. The summed E-state index contributed by atoms with van der Waals surface area (Å²) in [4.78, 5) is 22.6. The fraction of sp³-hybridized carbons (Fsp3) is 0.429. The van der Waals surface area contributed by atoms with Gasteiger partial charge in [0, 0.05) is 11.4 Å². The molecular formula is C14H18ClNO3. The highest BCUT2D eigenvalue weighted by atomic mass is 35.5. The van der Waals surface area contributed by atoms with Gasteiger partial charge in [0.05, 0.1) is 0 Å². The third-order valence-corrected chi connectivity index (χ3v) is 3.16. The van der Waals surface area contributed by atoms with E-state index in [-0.39, 0.29) is 12.3 Å². The van der Waals surface area contributed by atoms with Crippen molar-refractivity contribution in [1.29, 1.82) is 0 Å². The lowest BCUT2D eigenvalue weighted by molar-refractivity contribution is -0.142. The number of aliphatic carboxylic acids is 1. The number of carbonyl (C=O) groups is 2. The summed E-state index contributed by atoms with van der Waals surface area (Å²) in [6, 6.07) is 6.51. The summed E-state index contributed by atoms with van der Waals surface area (Å²) < 4.78 is 0. The van der Waals surface area contributed by atoms with Crippen LogP contribution in [0.1, 0.15) is 31.7 Å². The Hall–Kier alpha value is -1.55. The topological polar surface area (TPSA) is 66.4 Å². The average molecular weight is 284 g/mol. The van der Waals surface area contributed by atoms with E-state index in [2.05, 4.69) is 5.32 Å². The van der Waals surface area contributed by atoms with E-state index in [9.17, 15) is 9.59 Å². The molecule has 5 heteroatoms. The van der Waals surface area contributed by atoms with Crippen LogP contribution >= 0.6 is 11.6 Å². The van der Waals surface area contributed by atoms with Gasteiger partial charge in [-0.2, -0.15) is 0 Å². The number of carboxylic acid groups (broad SMARTS) is 1. The lowest BCUT2D eigenvalue weighted by Crippen LogP contribution is -2.40. The van der Waals surface area contributed by atoms with E-state index >= 15 is 0 Å². The average Bonchev–Trinajstić information content (AvgIpc) is 2.37. The van der Waals surface area contributed by atoms with Gasteiger partial charge < -0.3 is 10.4 Å². The Kier molecular flexibility index (Phi) is 6.36. The maximum absolute atomic E-state index is 11.7. The molecule has 1 aromatic rings. The first-order valence-electron chi connectivity index (χ1n) is 6.30. The van der Waals surface area contributed by atoms with Crippen LogP contribution in [0.3, 0.4) is 0 Å². The molecule has 0 saturated carbocycles. The molecule has 1 amide bonds. The van der Waals surface area contributed by atoms with Crippen LogP contribution in [0.15, 0.2) is 24.3 Å². The molecule has 0 aliphatic rings. The van der Waals surface area contributed by atoms with Crippen molar-refractivity contribution >= 4 is 23.5 Å². The Labute approximate surface area is 117 Å². The summed E-state index contributed by atoms with van der Waals surface area (Å²) in [5.41, 5.74) is 0.890. The summed E-state index contributed by atoms with van der Waals surface area (Å²) in [5.74, 6) is -1.26. The van der Waals surface area contributed by atoms with Gasteiger partial charge in [0.1, 0.15) is 6.04 Å². The molecule has 1 aromatic carbocycles. The Morgan fingerprint density at radius 3 is 2.63 bits per heavy atom. The number of hydrogen-bond donors (Lipinski definition) is 2. The first-order valence-corrected chi connectivity index (χ1v) is 6.68. The summed E-state index contributed by atoms with van der Waals surface area (Å²) in [6.45, 7) is 1.88. The molecule has 0 aliphatic heterocycles. The van der Waals surface area contributed by atoms with Crippen molar-refractivity contribution in [2.45, 2.75) is 38.6 Å². The second-order valence-electron chi connectivity index (χ2n) is 4.34. The molecule has 0 unspecified atom stereocenters. The number of halogens is 1. The van der Waals surface area contributed by atoms with Gasteiger partial charge in [-0.3, -0.25) is 4.79 Å². The summed E-state index contributed by atoms with van der Waals surface area (Å²) in [5, 5.41) is 12.1. The van der Waals surface area contributed by atoms with E-state index in [1.165, 1.54) is 0 Å². The van der Waals surface area contributed by atoms with Crippen molar-refractivity contribution in [3.63, 3.8) is 0 Å². The Bertz CT molecular complexity index is 448. The molecule has 1 rings (SSSR count). The van der Waals surface area contributed by atoms with E-state index in [1.54, 1.807) is 6.07 Å². The maximum atomic E-state index is 11.7. The number of carbonyl (C=O) groups excluding carboxylic acids is 1. The standard InChI is InChI=1S/C14H18ClNO3/c1-2-5-12(14(18)19)16-13(17)9-8-10-6-3-4-7-11(10)15/h3-4,6-7,12H,2,5,8-9H2,1H3,(H,16,17)(H,18,19)/t12-/m1/s1. The fourth-order valence-electron chi connectivity index (χ4n) is 1.76. The molecule has 4 nitrogen and oxygen atoms in total. The van der Waals surface area contributed by atoms with Crippen LogP contribution in [0.5, 0.6) is 0 Å². The van der Waals surface area contributed by atoms with E-state index in [1.807, 2.05) is 25.1 Å². The smallest absolute Gasteiger partial charge is 0.326 e. The zero-order valence-electron chi connectivity index (χ0n) is 10.9.